The summed E-state index contributed by atoms with van der Waals surface area (Å²) in [5.74, 6) is -1.24. The molecule has 2 aromatic heterocycles. The Balaban J connectivity index is 2.85. The van der Waals surface area contributed by atoms with Crippen molar-refractivity contribution in [1.29, 1.82) is 0 Å². The van der Waals surface area contributed by atoms with Gasteiger partial charge in [-0.25, -0.2) is 9.50 Å². The van der Waals surface area contributed by atoms with Crippen molar-refractivity contribution in [2.75, 3.05) is 0 Å². The van der Waals surface area contributed by atoms with Crippen LogP contribution in [0.5, 0.6) is 0 Å². The summed E-state index contributed by atoms with van der Waals surface area (Å²) in [4.78, 5) is 14.4. The molecule has 0 saturated carbocycles. The molecule has 2 N–H and O–H groups in total. The number of fused-ring (bicyclic) bond motifs is 1. The maximum Gasteiger partial charge on any atom is 0.422 e. The second kappa shape index (κ2) is 3.19. The zero-order valence-electron chi connectivity index (χ0n) is 7.69. The van der Waals surface area contributed by atoms with Crippen molar-refractivity contribution in [3.63, 3.8) is 0 Å². The standard InChI is InChI=1S/C8H5F3N4O/c9-8(10,11)4-5(6(12)16)14-15-3-1-2-13-7(4)15/h1-3H,(H2,12,16). The molecular formula is C8H5F3N4O. The van der Waals surface area contributed by atoms with Gasteiger partial charge in [0.1, 0.15) is 5.56 Å². The highest BCUT2D eigenvalue weighted by Gasteiger charge is 2.40. The average molecular weight is 230 g/mol. The lowest BCUT2D eigenvalue weighted by Gasteiger charge is -2.04. The van der Waals surface area contributed by atoms with Gasteiger partial charge in [0.15, 0.2) is 11.3 Å². The molecule has 5 nitrogen and oxygen atoms in total. The Morgan fingerprint density at radius 2 is 2.12 bits per heavy atom. The number of carbonyl (C=O) groups excluding carboxylic acids is 1. The van der Waals surface area contributed by atoms with Crippen LogP contribution in [0.2, 0.25) is 0 Å². The van der Waals surface area contributed by atoms with Crippen molar-refractivity contribution in [3.8, 4) is 0 Å². The van der Waals surface area contributed by atoms with E-state index in [9.17, 15) is 18.0 Å². The first-order chi connectivity index (χ1) is 7.41. The van der Waals surface area contributed by atoms with Gasteiger partial charge < -0.3 is 5.73 Å². The van der Waals surface area contributed by atoms with Crippen LogP contribution in [0.25, 0.3) is 5.65 Å². The Hall–Kier alpha value is -2.12. The van der Waals surface area contributed by atoms with E-state index in [2.05, 4.69) is 10.1 Å². The van der Waals surface area contributed by atoms with E-state index in [1.165, 1.54) is 18.5 Å². The summed E-state index contributed by atoms with van der Waals surface area (Å²) >= 11 is 0. The quantitative estimate of drug-likeness (QED) is 0.789. The summed E-state index contributed by atoms with van der Waals surface area (Å²) in [6.45, 7) is 0. The molecule has 0 unspecified atom stereocenters. The van der Waals surface area contributed by atoms with Gasteiger partial charge in [0.2, 0.25) is 0 Å². The number of hydrogen-bond acceptors (Lipinski definition) is 3. The molecule has 0 aromatic carbocycles. The average Bonchev–Trinajstić information content (AvgIpc) is 2.55. The molecule has 2 rings (SSSR count). The minimum absolute atomic E-state index is 0.441. The fourth-order valence-electron chi connectivity index (χ4n) is 1.32. The van der Waals surface area contributed by atoms with Crippen LogP contribution >= 0.6 is 0 Å². The lowest BCUT2D eigenvalue weighted by molar-refractivity contribution is -0.136. The second-order valence-electron chi connectivity index (χ2n) is 2.97. The number of nitrogens with two attached hydrogens (primary N) is 1. The normalized spacial score (nSPS) is 11.9. The fourth-order valence-corrected chi connectivity index (χ4v) is 1.32. The van der Waals surface area contributed by atoms with Crippen LogP contribution in [-0.4, -0.2) is 20.5 Å². The summed E-state index contributed by atoms with van der Waals surface area (Å²) < 4.78 is 38.9. The highest BCUT2D eigenvalue weighted by Crippen LogP contribution is 2.34. The van der Waals surface area contributed by atoms with Crippen molar-refractivity contribution in [2.45, 2.75) is 6.18 Å². The van der Waals surface area contributed by atoms with Gasteiger partial charge in [-0.1, -0.05) is 0 Å². The fraction of sp³-hybridized carbons (Fsp3) is 0.125. The van der Waals surface area contributed by atoms with Crippen molar-refractivity contribution in [1.82, 2.24) is 14.6 Å². The Morgan fingerprint density at radius 1 is 1.44 bits per heavy atom. The van der Waals surface area contributed by atoms with E-state index in [-0.39, 0.29) is 0 Å². The van der Waals surface area contributed by atoms with E-state index >= 15 is 0 Å². The number of hydrogen-bond donors (Lipinski definition) is 1. The molecule has 2 heterocycles. The maximum absolute atomic E-state index is 12.7. The molecule has 0 fully saturated rings. The minimum Gasteiger partial charge on any atom is -0.364 e. The molecule has 0 aliphatic heterocycles. The van der Waals surface area contributed by atoms with Crippen LogP contribution in [0.15, 0.2) is 18.5 Å². The predicted molar refractivity (Wildman–Crippen MR) is 46.5 cm³/mol. The highest BCUT2D eigenvalue weighted by atomic mass is 19.4. The maximum atomic E-state index is 12.7. The van der Waals surface area contributed by atoms with Crippen molar-refractivity contribution in [3.05, 3.63) is 29.7 Å². The van der Waals surface area contributed by atoms with Crippen LogP contribution in [0.3, 0.4) is 0 Å². The van der Waals surface area contributed by atoms with Gasteiger partial charge in [-0.3, -0.25) is 4.79 Å². The van der Waals surface area contributed by atoms with E-state index in [4.69, 9.17) is 5.73 Å². The number of aromatic nitrogens is 3. The minimum atomic E-state index is -4.72. The van der Waals surface area contributed by atoms with E-state index in [0.717, 1.165) is 4.52 Å². The third-order valence-electron chi connectivity index (χ3n) is 1.91. The first kappa shape index (κ1) is 10.4. The number of amides is 1. The Bertz CT molecular complexity index is 560. The Morgan fingerprint density at radius 3 is 2.69 bits per heavy atom. The van der Waals surface area contributed by atoms with Crippen LogP contribution in [0.4, 0.5) is 13.2 Å². The Kier molecular flexibility index (Phi) is 2.07. The summed E-state index contributed by atoms with van der Waals surface area (Å²) in [6.07, 6.45) is -2.29. The lowest BCUT2D eigenvalue weighted by atomic mass is 10.2. The van der Waals surface area contributed by atoms with Gasteiger partial charge in [0, 0.05) is 12.4 Å². The molecule has 0 bridgehead atoms. The number of primary amides is 1. The van der Waals surface area contributed by atoms with Gasteiger partial charge in [-0.2, -0.15) is 18.3 Å². The summed E-state index contributed by atoms with van der Waals surface area (Å²) in [7, 11) is 0. The lowest BCUT2D eigenvalue weighted by Crippen LogP contribution is -2.18. The molecule has 0 aliphatic carbocycles. The molecule has 8 heteroatoms. The summed E-state index contributed by atoms with van der Waals surface area (Å²) in [6, 6.07) is 1.39. The molecule has 0 saturated heterocycles. The number of carbonyl (C=O) groups is 1. The van der Waals surface area contributed by atoms with Gasteiger partial charge in [-0.15, -0.1) is 0 Å². The predicted octanol–water partition coefficient (Wildman–Crippen LogP) is 0.847. The summed E-state index contributed by atoms with van der Waals surface area (Å²) in [5.41, 5.74) is 2.36. The molecule has 16 heavy (non-hydrogen) atoms. The van der Waals surface area contributed by atoms with E-state index < -0.39 is 29.0 Å². The summed E-state index contributed by atoms with van der Waals surface area (Å²) in [5, 5.41) is 3.44. The molecule has 84 valence electrons. The van der Waals surface area contributed by atoms with Gasteiger partial charge in [0.25, 0.3) is 5.91 Å². The third-order valence-corrected chi connectivity index (χ3v) is 1.91. The van der Waals surface area contributed by atoms with E-state index in [1.807, 2.05) is 0 Å². The van der Waals surface area contributed by atoms with Crippen molar-refractivity contribution in [2.24, 2.45) is 5.73 Å². The van der Waals surface area contributed by atoms with E-state index in [1.54, 1.807) is 0 Å². The molecule has 2 aromatic rings. The number of rotatable bonds is 1. The van der Waals surface area contributed by atoms with Gasteiger partial charge in [-0.05, 0) is 6.07 Å². The largest absolute Gasteiger partial charge is 0.422 e. The first-order valence-electron chi connectivity index (χ1n) is 4.11. The van der Waals surface area contributed by atoms with E-state index in [0.29, 0.717) is 0 Å². The third kappa shape index (κ3) is 1.47. The zero-order chi connectivity index (χ0) is 11.9. The molecule has 0 aliphatic rings. The topological polar surface area (TPSA) is 73.3 Å². The van der Waals surface area contributed by atoms with Gasteiger partial charge in [0.05, 0.1) is 0 Å². The monoisotopic (exact) mass is 230 g/mol. The molecule has 0 radical (unpaired) electrons. The van der Waals surface area contributed by atoms with Crippen molar-refractivity contribution < 1.29 is 18.0 Å². The Labute approximate surface area is 86.7 Å². The number of alkyl halides is 3. The van der Waals surface area contributed by atoms with Gasteiger partial charge >= 0.3 is 6.18 Å². The number of halogens is 3. The second-order valence-corrected chi connectivity index (χ2v) is 2.97. The SMILES string of the molecule is NC(=O)c1nn2cccnc2c1C(F)(F)F. The molecule has 0 atom stereocenters. The molecule has 0 spiro atoms. The van der Waals surface area contributed by atoms with Crippen LogP contribution in [0, 0.1) is 0 Å². The van der Waals surface area contributed by atoms with Crippen LogP contribution < -0.4 is 5.73 Å². The van der Waals surface area contributed by atoms with Crippen molar-refractivity contribution >= 4 is 11.6 Å². The highest BCUT2D eigenvalue weighted by molar-refractivity contribution is 5.94. The number of nitrogens with zero attached hydrogens (tertiary/aromatic N) is 3. The first-order valence-corrected chi connectivity index (χ1v) is 4.11. The smallest absolute Gasteiger partial charge is 0.364 e. The molecular weight excluding hydrogens is 225 g/mol. The molecule has 1 amide bonds. The van der Waals surface area contributed by atoms with Crippen LogP contribution in [-0.2, 0) is 6.18 Å². The van der Waals surface area contributed by atoms with Crippen LogP contribution in [0.1, 0.15) is 16.1 Å². The zero-order valence-corrected chi connectivity index (χ0v) is 7.69.